The van der Waals surface area contributed by atoms with Gasteiger partial charge in [0, 0.05) is 43.5 Å². The van der Waals surface area contributed by atoms with Crippen molar-refractivity contribution in [3.63, 3.8) is 0 Å². The number of carbonyl (C=O) groups is 2. The van der Waals surface area contributed by atoms with Crippen LogP contribution in [0.15, 0.2) is 65.2 Å². The van der Waals surface area contributed by atoms with Crippen LogP contribution in [0.5, 0.6) is 5.75 Å². The van der Waals surface area contributed by atoms with Gasteiger partial charge in [0.25, 0.3) is 5.91 Å². The molecule has 1 fully saturated rings. The van der Waals surface area contributed by atoms with Crippen molar-refractivity contribution < 1.29 is 18.8 Å². The third kappa shape index (κ3) is 5.08. The number of amides is 2. The van der Waals surface area contributed by atoms with Crippen molar-refractivity contribution in [2.75, 3.05) is 44.7 Å². The highest BCUT2D eigenvalue weighted by molar-refractivity contribution is 5.95. The molecule has 1 N–H and O–H groups in total. The summed E-state index contributed by atoms with van der Waals surface area (Å²) >= 11 is 0. The zero-order valence-corrected chi connectivity index (χ0v) is 18.0. The summed E-state index contributed by atoms with van der Waals surface area (Å²) in [6, 6.07) is 18.9. The number of nitrogens with one attached hydrogen (secondary N) is 1. The number of carbonyl (C=O) groups excluding carboxylic acids is 2. The van der Waals surface area contributed by atoms with Gasteiger partial charge in [0.05, 0.1) is 13.7 Å². The topological polar surface area (TPSA) is 87.9 Å². The van der Waals surface area contributed by atoms with Gasteiger partial charge in [0.1, 0.15) is 5.75 Å². The Morgan fingerprint density at radius 3 is 2.56 bits per heavy atom. The highest BCUT2D eigenvalue weighted by Crippen LogP contribution is 2.21. The van der Waals surface area contributed by atoms with Crippen LogP contribution in [0.25, 0.3) is 11.3 Å². The number of aromatic nitrogens is 1. The largest absolute Gasteiger partial charge is 0.497 e. The number of rotatable bonds is 6. The Labute approximate surface area is 186 Å². The molecule has 2 aromatic carbocycles. The van der Waals surface area contributed by atoms with Gasteiger partial charge in [0.2, 0.25) is 5.91 Å². The van der Waals surface area contributed by atoms with E-state index < -0.39 is 5.91 Å². The third-order valence-corrected chi connectivity index (χ3v) is 5.49. The fourth-order valence-corrected chi connectivity index (χ4v) is 3.70. The van der Waals surface area contributed by atoms with E-state index >= 15 is 0 Å². The summed E-state index contributed by atoms with van der Waals surface area (Å²) in [4.78, 5) is 29.1. The minimum Gasteiger partial charge on any atom is -0.497 e. The van der Waals surface area contributed by atoms with Gasteiger partial charge in [-0.1, -0.05) is 35.5 Å². The van der Waals surface area contributed by atoms with Crippen LogP contribution in [0.1, 0.15) is 16.9 Å². The molecule has 1 saturated heterocycles. The van der Waals surface area contributed by atoms with E-state index in [2.05, 4.69) is 15.4 Å². The Balaban J connectivity index is 1.28. The van der Waals surface area contributed by atoms with E-state index in [0.717, 1.165) is 36.5 Å². The molecule has 0 bridgehead atoms. The molecule has 0 saturated carbocycles. The van der Waals surface area contributed by atoms with Gasteiger partial charge >= 0.3 is 0 Å². The normalized spacial score (nSPS) is 14.0. The van der Waals surface area contributed by atoms with Crippen LogP contribution >= 0.6 is 0 Å². The monoisotopic (exact) mass is 434 g/mol. The van der Waals surface area contributed by atoms with Gasteiger partial charge in [-0.3, -0.25) is 9.59 Å². The van der Waals surface area contributed by atoms with Gasteiger partial charge in [-0.05, 0) is 30.7 Å². The lowest BCUT2D eigenvalue weighted by Gasteiger charge is -2.24. The first-order valence-corrected chi connectivity index (χ1v) is 10.6. The molecular weight excluding hydrogens is 408 g/mol. The van der Waals surface area contributed by atoms with Crippen molar-refractivity contribution in [1.29, 1.82) is 0 Å². The molecule has 1 aliphatic rings. The van der Waals surface area contributed by atoms with E-state index in [0.29, 0.717) is 18.8 Å². The van der Waals surface area contributed by atoms with Crippen LogP contribution < -0.4 is 15.0 Å². The summed E-state index contributed by atoms with van der Waals surface area (Å²) < 4.78 is 10.5. The van der Waals surface area contributed by atoms with Crippen molar-refractivity contribution in [3.8, 4) is 17.1 Å². The second-order valence-corrected chi connectivity index (χ2v) is 7.54. The van der Waals surface area contributed by atoms with Gasteiger partial charge in [-0.15, -0.1) is 0 Å². The molecule has 3 aromatic rings. The zero-order chi connectivity index (χ0) is 22.3. The average Bonchev–Trinajstić information content (AvgIpc) is 3.21. The highest BCUT2D eigenvalue weighted by atomic mass is 16.5. The SMILES string of the molecule is COc1ccc(N2CCCN(C(=O)CNC(=O)c3cc(-c4ccccc4)on3)CC2)cc1. The molecule has 32 heavy (non-hydrogen) atoms. The van der Waals surface area contributed by atoms with E-state index in [-0.39, 0.29) is 18.1 Å². The van der Waals surface area contributed by atoms with Crippen molar-refractivity contribution in [1.82, 2.24) is 15.4 Å². The average molecular weight is 434 g/mol. The van der Waals surface area contributed by atoms with Crippen LogP contribution in [0, 0.1) is 0 Å². The summed E-state index contributed by atoms with van der Waals surface area (Å²) in [5.74, 6) is 0.785. The maximum absolute atomic E-state index is 12.7. The molecule has 4 rings (SSSR count). The van der Waals surface area contributed by atoms with Crippen LogP contribution in [-0.4, -0.2) is 61.7 Å². The summed E-state index contributed by atoms with van der Waals surface area (Å²) in [5, 5.41) is 6.48. The lowest BCUT2D eigenvalue weighted by molar-refractivity contribution is -0.129. The third-order valence-electron chi connectivity index (χ3n) is 5.49. The lowest BCUT2D eigenvalue weighted by Crippen LogP contribution is -2.42. The van der Waals surface area contributed by atoms with Crippen LogP contribution in [0.4, 0.5) is 5.69 Å². The van der Waals surface area contributed by atoms with Crippen LogP contribution in [0.3, 0.4) is 0 Å². The number of hydrogen-bond acceptors (Lipinski definition) is 6. The minimum absolute atomic E-state index is 0.0745. The summed E-state index contributed by atoms with van der Waals surface area (Å²) in [6.45, 7) is 2.78. The first-order chi connectivity index (χ1) is 15.6. The molecule has 0 aliphatic carbocycles. The van der Waals surface area contributed by atoms with Crippen LogP contribution in [0.2, 0.25) is 0 Å². The van der Waals surface area contributed by atoms with Gasteiger partial charge in [-0.2, -0.15) is 0 Å². The van der Waals surface area contributed by atoms with E-state index in [1.807, 2.05) is 54.6 Å². The predicted molar refractivity (Wildman–Crippen MR) is 121 cm³/mol. The molecular formula is C24H26N4O4. The van der Waals surface area contributed by atoms with Crippen molar-refractivity contribution >= 4 is 17.5 Å². The number of nitrogens with zero attached hydrogens (tertiary/aromatic N) is 3. The Morgan fingerprint density at radius 2 is 1.81 bits per heavy atom. The Kier molecular flexibility index (Phi) is 6.69. The molecule has 0 unspecified atom stereocenters. The summed E-state index contributed by atoms with van der Waals surface area (Å²) in [5.41, 5.74) is 2.09. The highest BCUT2D eigenvalue weighted by Gasteiger charge is 2.21. The number of ether oxygens (including phenoxy) is 1. The predicted octanol–water partition coefficient (Wildman–Crippen LogP) is 2.82. The number of anilines is 1. The van der Waals surface area contributed by atoms with E-state index in [4.69, 9.17) is 9.26 Å². The second-order valence-electron chi connectivity index (χ2n) is 7.54. The quantitative estimate of drug-likeness (QED) is 0.642. The molecule has 2 heterocycles. The first-order valence-electron chi connectivity index (χ1n) is 10.6. The Bertz CT molecular complexity index is 1050. The van der Waals surface area contributed by atoms with Gasteiger partial charge < -0.3 is 24.4 Å². The van der Waals surface area contributed by atoms with E-state index in [1.54, 1.807) is 18.1 Å². The van der Waals surface area contributed by atoms with E-state index in [9.17, 15) is 9.59 Å². The van der Waals surface area contributed by atoms with Crippen molar-refractivity contribution in [2.24, 2.45) is 0 Å². The van der Waals surface area contributed by atoms with Crippen LogP contribution in [-0.2, 0) is 4.79 Å². The zero-order valence-electron chi connectivity index (χ0n) is 18.0. The Hall–Kier alpha value is -3.81. The molecule has 2 amide bonds. The molecule has 1 aliphatic heterocycles. The second kappa shape index (κ2) is 10.00. The molecule has 0 radical (unpaired) electrons. The fourth-order valence-electron chi connectivity index (χ4n) is 3.70. The van der Waals surface area contributed by atoms with E-state index in [1.165, 1.54) is 0 Å². The maximum atomic E-state index is 12.7. The molecule has 166 valence electrons. The van der Waals surface area contributed by atoms with Gasteiger partial charge in [-0.25, -0.2) is 0 Å². The lowest BCUT2D eigenvalue weighted by atomic mass is 10.1. The minimum atomic E-state index is -0.432. The molecule has 0 spiro atoms. The van der Waals surface area contributed by atoms with Crippen molar-refractivity contribution in [2.45, 2.75) is 6.42 Å². The van der Waals surface area contributed by atoms with Gasteiger partial charge in [0.15, 0.2) is 11.5 Å². The maximum Gasteiger partial charge on any atom is 0.273 e. The Morgan fingerprint density at radius 1 is 1.03 bits per heavy atom. The summed E-state index contributed by atoms with van der Waals surface area (Å²) in [7, 11) is 1.65. The number of methoxy groups -OCH3 is 1. The molecule has 8 nitrogen and oxygen atoms in total. The summed E-state index contributed by atoms with van der Waals surface area (Å²) in [6.07, 6.45) is 0.857. The first kappa shape index (κ1) is 21.4. The molecule has 0 atom stereocenters. The molecule has 1 aromatic heterocycles. The fraction of sp³-hybridized carbons (Fsp3) is 0.292. The standard InChI is InChI=1S/C24H26N4O4/c1-31-20-10-8-19(9-11-20)27-12-5-13-28(15-14-27)23(29)17-25-24(30)21-16-22(32-26-21)18-6-3-2-4-7-18/h2-4,6-11,16H,5,12-15,17H2,1H3,(H,25,30). The molecule has 8 heteroatoms. The number of benzene rings is 2. The van der Waals surface area contributed by atoms with Crippen molar-refractivity contribution in [3.05, 3.63) is 66.4 Å². The smallest absolute Gasteiger partial charge is 0.273 e. The number of hydrogen-bond donors (Lipinski definition) is 1.